The van der Waals surface area contributed by atoms with Crippen molar-refractivity contribution in [2.75, 3.05) is 13.2 Å². The lowest BCUT2D eigenvalue weighted by Crippen LogP contribution is -2.50. The molecular formula is C25H33ClN2O3. The van der Waals surface area contributed by atoms with Crippen LogP contribution in [0.1, 0.15) is 49.8 Å². The first-order valence-electron chi connectivity index (χ1n) is 10.9. The topological polar surface area (TPSA) is 58.6 Å². The number of aryl methyl sites for hydroxylation is 1. The summed E-state index contributed by atoms with van der Waals surface area (Å²) in [6.45, 7) is 8.64. The standard InChI is InChI=1S/C25H33ClN2O3/c1-5-7-15-27-25(30)22(6-2)28(16-20-12-8-9-13-21(20)26)24(29)17-31-23-14-10-11-18(3)19(23)4/h8-14,22H,5-7,15-17H2,1-4H3,(H,27,30)/t22-/m1/s1. The fourth-order valence-electron chi connectivity index (χ4n) is 3.34. The molecule has 0 heterocycles. The molecule has 0 saturated heterocycles. The molecule has 0 aliphatic carbocycles. The van der Waals surface area contributed by atoms with Crippen molar-refractivity contribution < 1.29 is 14.3 Å². The number of carbonyl (C=O) groups excluding carboxylic acids is 2. The van der Waals surface area contributed by atoms with Crippen LogP contribution in [0.5, 0.6) is 5.75 Å². The molecule has 2 aromatic rings. The summed E-state index contributed by atoms with van der Waals surface area (Å²) in [4.78, 5) is 27.7. The van der Waals surface area contributed by atoms with Crippen molar-refractivity contribution in [3.63, 3.8) is 0 Å². The predicted octanol–water partition coefficient (Wildman–Crippen LogP) is 5.06. The number of amides is 2. The van der Waals surface area contributed by atoms with E-state index in [9.17, 15) is 9.59 Å². The van der Waals surface area contributed by atoms with Crippen LogP contribution in [0.2, 0.25) is 5.02 Å². The summed E-state index contributed by atoms with van der Waals surface area (Å²) >= 11 is 6.34. The second-order valence-electron chi connectivity index (χ2n) is 7.67. The Labute approximate surface area is 190 Å². The molecule has 0 unspecified atom stereocenters. The van der Waals surface area contributed by atoms with E-state index in [-0.39, 0.29) is 25.0 Å². The maximum Gasteiger partial charge on any atom is 0.261 e. The minimum atomic E-state index is -0.595. The van der Waals surface area contributed by atoms with Gasteiger partial charge in [0, 0.05) is 18.1 Å². The van der Waals surface area contributed by atoms with Gasteiger partial charge in [-0.05, 0) is 55.5 Å². The summed E-state index contributed by atoms with van der Waals surface area (Å²) in [5, 5.41) is 3.52. The van der Waals surface area contributed by atoms with E-state index in [2.05, 4.69) is 12.2 Å². The zero-order valence-corrected chi connectivity index (χ0v) is 19.7. The molecule has 0 spiro atoms. The largest absolute Gasteiger partial charge is 0.483 e. The summed E-state index contributed by atoms with van der Waals surface area (Å²) in [6, 6.07) is 12.5. The van der Waals surface area contributed by atoms with Crippen molar-refractivity contribution in [1.29, 1.82) is 0 Å². The van der Waals surface area contributed by atoms with Gasteiger partial charge < -0.3 is 15.0 Å². The van der Waals surface area contributed by atoms with Crippen molar-refractivity contribution in [2.45, 2.75) is 59.5 Å². The first-order chi connectivity index (χ1) is 14.9. The molecule has 31 heavy (non-hydrogen) atoms. The van der Waals surface area contributed by atoms with Crippen LogP contribution in [0.15, 0.2) is 42.5 Å². The first kappa shape index (κ1) is 24.7. The van der Waals surface area contributed by atoms with Gasteiger partial charge in [-0.25, -0.2) is 0 Å². The van der Waals surface area contributed by atoms with Gasteiger partial charge >= 0.3 is 0 Å². The molecule has 0 aliphatic rings. The fraction of sp³-hybridized carbons (Fsp3) is 0.440. The molecular weight excluding hydrogens is 412 g/mol. The average molecular weight is 445 g/mol. The van der Waals surface area contributed by atoms with Crippen molar-refractivity contribution in [1.82, 2.24) is 10.2 Å². The summed E-state index contributed by atoms with van der Waals surface area (Å²) in [6.07, 6.45) is 2.39. The van der Waals surface area contributed by atoms with Crippen LogP contribution in [-0.4, -0.2) is 35.9 Å². The van der Waals surface area contributed by atoms with E-state index in [1.54, 1.807) is 11.0 Å². The molecule has 2 aromatic carbocycles. The number of rotatable bonds is 11. The molecule has 168 valence electrons. The van der Waals surface area contributed by atoms with Gasteiger partial charge in [0.25, 0.3) is 5.91 Å². The minimum absolute atomic E-state index is 0.145. The molecule has 0 saturated carbocycles. The Hall–Kier alpha value is -2.53. The van der Waals surface area contributed by atoms with E-state index in [1.165, 1.54) is 0 Å². The quantitative estimate of drug-likeness (QED) is 0.493. The number of hydrogen-bond donors (Lipinski definition) is 1. The number of nitrogens with zero attached hydrogens (tertiary/aromatic N) is 1. The van der Waals surface area contributed by atoms with E-state index >= 15 is 0 Å². The number of carbonyl (C=O) groups is 2. The number of nitrogens with one attached hydrogen (secondary N) is 1. The molecule has 2 rings (SSSR count). The molecule has 0 fully saturated rings. The zero-order valence-electron chi connectivity index (χ0n) is 18.9. The number of hydrogen-bond acceptors (Lipinski definition) is 3. The highest BCUT2D eigenvalue weighted by Crippen LogP contribution is 2.22. The van der Waals surface area contributed by atoms with Crippen molar-refractivity contribution in [3.8, 4) is 5.75 Å². The van der Waals surface area contributed by atoms with Crippen LogP contribution >= 0.6 is 11.6 Å². The van der Waals surface area contributed by atoms with Gasteiger partial charge in [-0.1, -0.05) is 62.2 Å². The number of ether oxygens (including phenoxy) is 1. The van der Waals surface area contributed by atoms with E-state index in [0.717, 1.165) is 29.5 Å². The Morgan fingerprint density at radius 2 is 1.84 bits per heavy atom. The third kappa shape index (κ3) is 7.00. The normalized spacial score (nSPS) is 11.6. The van der Waals surface area contributed by atoms with E-state index < -0.39 is 6.04 Å². The van der Waals surface area contributed by atoms with Crippen molar-refractivity contribution in [2.24, 2.45) is 0 Å². The summed E-state index contributed by atoms with van der Waals surface area (Å²) in [7, 11) is 0. The van der Waals surface area contributed by atoms with E-state index in [4.69, 9.17) is 16.3 Å². The molecule has 5 nitrogen and oxygen atoms in total. The van der Waals surface area contributed by atoms with Gasteiger partial charge in [0.2, 0.25) is 5.91 Å². The van der Waals surface area contributed by atoms with Gasteiger partial charge in [-0.2, -0.15) is 0 Å². The SMILES string of the molecule is CCCCNC(=O)[C@@H](CC)N(Cc1ccccc1Cl)C(=O)COc1cccc(C)c1C. The van der Waals surface area contributed by atoms with Gasteiger partial charge in [-0.3, -0.25) is 9.59 Å². The van der Waals surface area contributed by atoms with Gasteiger partial charge in [0.15, 0.2) is 6.61 Å². The van der Waals surface area contributed by atoms with E-state index in [1.807, 2.05) is 57.2 Å². The van der Waals surface area contributed by atoms with Crippen LogP contribution in [0.25, 0.3) is 0 Å². The van der Waals surface area contributed by atoms with Gasteiger partial charge in [0.1, 0.15) is 11.8 Å². The molecule has 1 atom stereocenters. The van der Waals surface area contributed by atoms with Crippen LogP contribution in [0, 0.1) is 13.8 Å². The Kier molecular flexibility index (Phi) is 9.86. The molecule has 0 aromatic heterocycles. The molecule has 0 bridgehead atoms. The third-order valence-corrected chi connectivity index (χ3v) is 5.79. The molecule has 6 heteroatoms. The lowest BCUT2D eigenvalue weighted by atomic mass is 10.1. The Balaban J connectivity index is 2.22. The predicted molar refractivity (Wildman–Crippen MR) is 125 cm³/mol. The van der Waals surface area contributed by atoms with Crippen LogP contribution in [0.3, 0.4) is 0 Å². The minimum Gasteiger partial charge on any atom is -0.483 e. The Morgan fingerprint density at radius 1 is 1.10 bits per heavy atom. The lowest BCUT2D eigenvalue weighted by Gasteiger charge is -2.31. The highest BCUT2D eigenvalue weighted by Gasteiger charge is 2.29. The molecule has 1 N–H and O–H groups in total. The second-order valence-corrected chi connectivity index (χ2v) is 8.08. The average Bonchev–Trinajstić information content (AvgIpc) is 2.76. The number of halogens is 1. The summed E-state index contributed by atoms with van der Waals surface area (Å²) < 4.78 is 5.85. The summed E-state index contributed by atoms with van der Waals surface area (Å²) in [5.41, 5.74) is 2.89. The maximum absolute atomic E-state index is 13.2. The monoisotopic (exact) mass is 444 g/mol. The van der Waals surface area contributed by atoms with Crippen molar-refractivity contribution >= 4 is 23.4 Å². The van der Waals surface area contributed by atoms with Gasteiger partial charge in [0.05, 0.1) is 0 Å². The Bertz CT molecular complexity index is 885. The third-order valence-electron chi connectivity index (χ3n) is 5.42. The maximum atomic E-state index is 13.2. The lowest BCUT2D eigenvalue weighted by molar-refractivity contribution is -0.143. The highest BCUT2D eigenvalue weighted by atomic mass is 35.5. The van der Waals surface area contributed by atoms with Crippen LogP contribution in [0.4, 0.5) is 0 Å². The van der Waals surface area contributed by atoms with Crippen molar-refractivity contribution in [3.05, 3.63) is 64.2 Å². The smallest absolute Gasteiger partial charge is 0.261 e. The second kappa shape index (κ2) is 12.4. The summed E-state index contributed by atoms with van der Waals surface area (Å²) in [5.74, 6) is 0.271. The highest BCUT2D eigenvalue weighted by molar-refractivity contribution is 6.31. The molecule has 0 aliphatic heterocycles. The zero-order chi connectivity index (χ0) is 22.8. The van der Waals surface area contributed by atoms with Gasteiger partial charge in [-0.15, -0.1) is 0 Å². The fourth-order valence-corrected chi connectivity index (χ4v) is 3.53. The molecule has 2 amide bonds. The molecule has 0 radical (unpaired) electrons. The van der Waals surface area contributed by atoms with Crippen LogP contribution in [-0.2, 0) is 16.1 Å². The Morgan fingerprint density at radius 3 is 2.52 bits per heavy atom. The number of unbranched alkanes of at least 4 members (excludes halogenated alkanes) is 1. The van der Waals surface area contributed by atoms with E-state index in [0.29, 0.717) is 23.7 Å². The number of benzene rings is 2. The first-order valence-corrected chi connectivity index (χ1v) is 11.3. The van der Waals surface area contributed by atoms with Crippen LogP contribution < -0.4 is 10.1 Å².